The van der Waals surface area contributed by atoms with E-state index >= 15 is 0 Å². The number of unbranched alkanes of at least 4 members (excludes halogenated alkanes) is 1. The topological polar surface area (TPSA) is 101 Å². The lowest BCUT2D eigenvalue weighted by Gasteiger charge is -2.07. The lowest BCUT2D eigenvalue weighted by atomic mass is 9.99. The minimum absolute atomic E-state index is 0.220. The Kier molecular flexibility index (Phi) is 5.44. The fourth-order valence-electron chi connectivity index (χ4n) is 3.10. The first kappa shape index (κ1) is 18.2. The molecule has 1 aromatic carbocycles. The number of carboxylic acid groups (broad SMARTS) is 1. The number of pyridine rings is 1. The molecule has 0 spiro atoms. The Balaban J connectivity index is 2.26. The molecule has 2 aromatic heterocycles. The predicted octanol–water partition coefficient (Wildman–Crippen LogP) is 3.87. The van der Waals surface area contributed by atoms with Crippen LogP contribution in [0, 0.1) is 0 Å². The number of ether oxygens (including phenoxy) is 1. The van der Waals surface area contributed by atoms with Crippen molar-refractivity contribution in [3.05, 3.63) is 46.5 Å². The van der Waals surface area contributed by atoms with Gasteiger partial charge in [0, 0.05) is 11.5 Å². The molecule has 6 nitrogen and oxygen atoms in total. The highest BCUT2D eigenvalue weighted by Crippen LogP contribution is 2.36. The molecule has 0 aliphatic carbocycles. The summed E-state index contributed by atoms with van der Waals surface area (Å²) in [5, 5.41) is 10.7. The highest BCUT2D eigenvalue weighted by molar-refractivity contribution is 6.36. The first-order valence-corrected chi connectivity index (χ1v) is 8.72. The third kappa shape index (κ3) is 3.38. The molecule has 0 atom stereocenters. The number of fused-ring (bicyclic) bond motifs is 1. The number of hydrogen-bond donors (Lipinski definition) is 3. The van der Waals surface area contributed by atoms with E-state index in [1.807, 2.05) is 12.1 Å². The number of aromatic carboxylic acids is 1. The van der Waals surface area contributed by atoms with Crippen LogP contribution >= 0.6 is 11.6 Å². The summed E-state index contributed by atoms with van der Waals surface area (Å²) in [6, 6.07) is 8.59. The third-order valence-electron chi connectivity index (χ3n) is 4.31. The SMILES string of the molecule is COc1cccc(-c2[nH]c3c(Cl)ccc(C(=O)O)c3c2CCCCN)n1. The minimum Gasteiger partial charge on any atom is -0.481 e. The molecule has 0 aliphatic heterocycles. The van der Waals surface area contributed by atoms with Crippen molar-refractivity contribution in [1.82, 2.24) is 9.97 Å². The van der Waals surface area contributed by atoms with Crippen LogP contribution in [0.4, 0.5) is 0 Å². The van der Waals surface area contributed by atoms with Crippen molar-refractivity contribution in [2.24, 2.45) is 5.73 Å². The fourth-order valence-corrected chi connectivity index (χ4v) is 3.30. The molecular weight excluding hydrogens is 354 g/mol. The van der Waals surface area contributed by atoms with E-state index in [-0.39, 0.29) is 5.56 Å². The molecule has 136 valence electrons. The maximum atomic E-state index is 11.7. The van der Waals surface area contributed by atoms with Gasteiger partial charge in [0.05, 0.1) is 34.6 Å². The Morgan fingerprint density at radius 1 is 1.31 bits per heavy atom. The van der Waals surface area contributed by atoms with Crippen LogP contribution in [0.2, 0.25) is 5.02 Å². The lowest BCUT2D eigenvalue weighted by Crippen LogP contribution is -2.01. The Labute approximate surface area is 156 Å². The van der Waals surface area contributed by atoms with Crippen LogP contribution in [0.15, 0.2) is 30.3 Å². The van der Waals surface area contributed by atoms with Gasteiger partial charge in [-0.05, 0) is 49.6 Å². The number of nitrogens with two attached hydrogens (primary N) is 1. The van der Waals surface area contributed by atoms with Crippen molar-refractivity contribution in [1.29, 1.82) is 0 Å². The van der Waals surface area contributed by atoms with Crippen LogP contribution in [-0.2, 0) is 6.42 Å². The quantitative estimate of drug-likeness (QED) is 0.546. The Morgan fingerprint density at radius 2 is 2.12 bits per heavy atom. The van der Waals surface area contributed by atoms with E-state index in [0.29, 0.717) is 40.5 Å². The van der Waals surface area contributed by atoms with Gasteiger partial charge in [-0.2, -0.15) is 0 Å². The number of carbonyl (C=O) groups is 1. The molecule has 0 saturated carbocycles. The van der Waals surface area contributed by atoms with E-state index in [9.17, 15) is 9.90 Å². The highest BCUT2D eigenvalue weighted by atomic mass is 35.5. The van der Waals surface area contributed by atoms with Crippen LogP contribution in [0.25, 0.3) is 22.3 Å². The summed E-state index contributed by atoms with van der Waals surface area (Å²) in [4.78, 5) is 19.5. The molecule has 0 amide bonds. The van der Waals surface area contributed by atoms with E-state index in [2.05, 4.69) is 9.97 Å². The number of aryl methyl sites for hydroxylation is 1. The summed E-state index contributed by atoms with van der Waals surface area (Å²) in [5.74, 6) is -0.505. The molecule has 26 heavy (non-hydrogen) atoms. The van der Waals surface area contributed by atoms with Crippen molar-refractivity contribution in [2.45, 2.75) is 19.3 Å². The van der Waals surface area contributed by atoms with Crippen LogP contribution in [0.1, 0.15) is 28.8 Å². The second-order valence-electron chi connectivity index (χ2n) is 5.94. The molecule has 0 aliphatic rings. The van der Waals surface area contributed by atoms with Gasteiger partial charge < -0.3 is 20.6 Å². The number of aromatic nitrogens is 2. The lowest BCUT2D eigenvalue weighted by molar-refractivity contribution is 0.0699. The van der Waals surface area contributed by atoms with Gasteiger partial charge in [-0.3, -0.25) is 0 Å². The molecule has 0 unspecified atom stereocenters. The summed E-state index contributed by atoms with van der Waals surface area (Å²) >= 11 is 6.34. The number of halogens is 1. The van der Waals surface area contributed by atoms with Crippen LogP contribution < -0.4 is 10.5 Å². The number of benzene rings is 1. The molecular formula is C19H20ClN3O3. The molecule has 0 fully saturated rings. The van der Waals surface area contributed by atoms with E-state index in [0.717, 1.165) is 24.1 Å². The van der Waals surface area contributed by atoms with Gasteiger partial charge in [-0.25, -0.2) is 9.78 Å². The number of carboxylic acids is 1. The summed E-state index contributed by atoms with van der Waals surface area (Å²) in [6.45, 7) is 0.585. The zero-order valence-corrected chi connectivity index (χ0v) is 15.1. The van der Waals surface area contributed by atoms with Gasteiger partial charge in [0.15, 0.2) is 0 Å². The second-order valence-corrected chi connectivity index (χ2v) is 6.35. The number of aromatic amines is 1. The van der Waals surface area contributed by atoms with Crippen molar-refractivity contribution in [2.75, 3.05) is 13.7 Å². The standard InChI is InChI=1S/C19H20ClN3O3/c1-26-15-7-4-6-14(22-15)17-11(5-2-3-10-21)16-12(19(24)25)8-9-13(20)18(16)23-17/h4,6-9,23H,2-3,5,10,21H2,1H3,(H,24,25). The Hall–Kier alpha value is -2.57. The monoisotopic (exact) mass is 373 g/mol. The second kappa shape index (κ2) is 7.76. The largest absolute Gasteiger partial charge is 0.481 e. The molecule has 3 rings (SSSR count). The maximum absolute atomic E-state index is 11.7. The Morgan fingerprint density at radius 3 is 2.81 bits per heavy atom. The first-order chi connectivity index (χ1) is 12.6. The molecule has 3 aromatic rings. The smallest absolute Gasteiger partial charge is 0.336 e. The average Bonchev–Trinajstić information content (AvgIpc) is 3.02. The van der Waals surface area contributed by atoms with E-state index in [1.165, 1.54) is 6.07 Å². The van der Waals surface area contributed by atoms with Crippen molar-refractivity contribution in [3.8, 4) is 17.3 Å². The minimum atomic E-state index is -0.990. The normalized spacial score (nSPS) is 11.0. The van der Waals surface area contributed by atoms with E-state index in [1.54, 1.807) is 19.2 Å². The van der Waals surface area contributed by atoms with Crippen LogP contribution in [-0.4, -0.2) is 34.7 Å². The number of hydrogen-bond acceptors (Lipinski definition) is 4. The maximum Gasteiger partial charge on any atom is 0.336 e. The number of rotatable bonds is 7. The van der Waals surface area contributed by atoms with Crippen molar-refractivity contribution >= 4 is 28.5 Å². The Bertz CT molecular complexity index is 953. The average molecular weight is 374 g/mol. The third-order valence-corrected chi connectivity index (χ3v) is 4.62. The summed E-state index contributed by atoms with van der Waals surface area (Å²) < 4.78 is 5.21. The van der Waals surface area contributed by atoms with Gasteiger partial charge in [-0.15, -0.1) is 0 Å². The zero-order valence-electron chi connectivity index (χ0n) is 14.4. The molecule has 0 bridgehead atoms. The van der Waals surface area contributed by atoms with Gasteiger partial charge >= 0.3 is 5.97 Å². The van der Waals surface area contributed by atoms with Crippen LogP contribution in [0.3, 0.4) is 0 Å². The molecule has 0 radical (unpaired) electrons. The van der Waals surface area contributed by atoms with Crippen LogP contribution in [0.5, 0.6) is 5.88 Å². The van der Waals surface area contributed by atoms with Gasteiger partial charge in [0.2, 0.25) is 5.88 Å². The highest BCUT2D eigenvalue weighted by Gasteiger charge is 2.21. The number of nitrogens with zero attached hydrogens (tertiary/aromatic N) is 1. The van der Waals surface area contributed by atoms with Crippen molar-refractivity contribution in [3.63, 3.8) is 0 Å². The molecule has 0 saturated heterocycles. The molecule has 4 N–H and O–H groups in total. The summed E-state index contributed by atoms with van der Waals surface area (Å²) in [7, 11) is 1.55. The number of methoxy groups -OCH3 is 1. The zero-order chi connectivity index (χ0) is 18.7. The predicted molar refractivity (Wildman–Crippen MR) is 102 cm³/mol. The number of nitrogens with one attached hydrogen (secondary N) is 1. The molecule has 2 heterocycles. The van der Waals surface area contributed by atoms with Gasteiger partial charge in [-0.1, -0.05) is 17.7 Å². The van der Waals surface area contributed by atoms with Gasteiger partial charge in [0.25, 0.3) is 0 Å². The summed E-state index contributed by atoms with van der Waals surface area (Å²) in [5.41, 5.74) is 8.76. The van der Waals surface area contributed by atoms with E-state index < -0.39 is 5.97 Å². The molecule has 7 heteroatoms. The summed E-state index contributed by atoms with van der Waals surface area (Å²) in [6.07, 6.45) is 2.36. The van der Waals surface area contributed by atoms with Crippen molar-refractivity contribution < 1.29 is 14.6 Å². The first-order valence-electron chi connectivity index (χ1n) is 8.34. The van der Waals surface area contributed by atoms with Gasteiger partial charge in [0.1, 0.15) is 0 Å². The fraction of sp³-hybridized carbons (Fsp3) is 0.263. The number of H-pyrrole nitrogens is 1. The van der Waals surface area contributed by atoms with E-state index in [4.69, 9.17) is 22.1 Å².